The molecule has 2 bridgehead atoms. The van der Waals surface area contributed by atoms with Gasteiger partial charge in [0, 0.05) is 19.0 Å². The van der Waals surface area contributed by atoms with E-state index in [9.17, 15) is 4.79 Å². The lowest BCUT2D eigenvalue weighted by atomic mass is 10.1. The minimum absolute atomic E-state index is 0.0834. The number of thiophene rings is 1. The van der Waals surface area contributed by atoms with Gasteiger partial charge in [-0.25, -0.2) is 0 Å². The summed E-state index contributed by atoms with van der Waals surface area (Å²) in [5, 5.41) is 8.75. The van der Waals surface area contributed by atoms with E-state index >= 15 is 0 Å². The van der Waals surface area contributed by atoms with E-state index in [0.717, 1.165) is 27.8 Å². The van der Waals surface area contributed by atoms with Crippen LogP contribution in [0.25, 0.3) is 0 Å². The Hall–Kier alpha value is -1.31. The number of fused-ring (bicyclic) bond motifs is 2. The van der Waals surface area contributed by atoms with Crippen molar-refractivity contribution in [2.24, 2.45) is 5.92 Å². The first-order valence-electron chi connectivity index (χ1n) is 7.20. The molecular formula is C16H19NO2S. The van der Waals surface area contributed by atoms with E-state index in [0.29, 0.717) is 12.5 Å². The number of rotatable bonds is 2. The van der Waals surface area contributed by atoms with Crippen LogP contribution in [0.15, 0.2) is 6.07 Å². The smallest absolute Gasteiger partial charge is 0.264 e. The average Bonchev–Trinajstić information content (AvgIpc) is 3.14. The fourth-order valence-corrected chi connectivity index (χ4v) is 4.23. The Kier molecular flexibility index (Phi) is 3.82. The molecule has 2 atom stereocenters. The van der Waals surface area contributed by atoms with Gasteiger partial charge in [-0.3, -0.25) is 4.79 Å². The molecule has 3 rings (SSSR count). The number of nitrogens with zero attached hydrogens (tertiary/aromatic N) is 1. The maximum Gasteiger partial charge on any atom is 0.264 e. The Morgan fingerprint density at radius 1 is 1.55 bits per heavy atom. The van der Waals surface area contributed by atoms with Crippen molar-refractivity contribution in [3.63, 3.8) is 0 Å². The van der Waals surface area contributed by atoms with Gasteiger partial charge in [0.2, 0.25) is 0 Å². The molecule has 4 heteroatoms. The van der Waals surface area contributed by atoms with Crippen LogP contribution >= 0.6 is 11.3 Å². The number of hydrogen-bond donors (Lipinski definition) is 1. The number of aryl methyl sites for hydroxylation is 1. The lowest BCUT2D eigenvalue weighted by Gasteiger charge is -2.26. The number of carbonyl (C=O) groups is 1. The maximum atomic E-state index is 12.6. The molecule has 2 unspecified atom stereocenters. The minimum atomic E-state index is 0.0834. The van der Waals surface area contributed by atoms with Crippen LogP contribution in [0.3, 0.4) is 0 Å². The van der Waals surface area contributed by atoms with Gasteiger partial charge in [-0.1, -0.05) is 11.8 Å². The topological polar surface area (TPSA) is 40.5 Å². The molecule has 106 valence electrons. The zero-order valence-electron chi connectivity index (χ0n) is 11.7. The molecule has 1 aromatic rings. The number of aliphatic hydroxyl groups excluding tert-OH is 1. The minimum Gasteiger partial charge on any atom is -0.395 e. The van der Waals surface area contributed by atoms with Crippen LogP contribution in [0.5, 0.6) is 0 Å². The zero-order valence-corrected chi connectivity index (χ0v) is 12.5. The first kappa shape index (κ1) is 13.7. The predicted molar refractivity (Wildman–Crippen MR) is 79.8 cm³/mol. The highest BCUT2D eigenvalue weighted by molar-refractivity contribution is 7.14. The normalized spacial score (nSPS) is 23.8. The molecule has 1 N–H and O–H groups in total. The summed E-state index contributed by atoms with van der Waals surface area (Å²) in [6, 6.07) is 2.43. The molecule has 0 radical (unpaired) electrons. The van der Waals surface area contributed by atoms with Crippen LogP contribution in [-0.4, -0.2) is 35.1 Å². The molecular weight excluding hydrogens is 270 g/mol. The van der Waals surface area contributed by atoms with Gasteiger partial charge in [0.1, 0.15) is 0 Å². The van der Waals surface area contributed by atoms with Crippen molar-refractivity contribution >= 4 is 17.2 Å². The van der Waals surface area contributed by atoms with Crippen LogP contribution in [0, 0.1) is 24.7 Å². The van der Waals surface area contributed by atoms with Gasteiger partial charge in [-0.2, -0.15) is 0 Å². The summed E-state index contributed by atoms with van der Waals surface area (Å²) in [7, 11) is 0. The van der Waals surface area contributed by atoms with Crippen molar-refractivity contribution in [2.75, 3.05) is 13.2 Å². The molecule has 1 aliphatic carbocycles. The Morgan fingerprint density at radius 3 is 3.05 bits per heavy atom. The van der Waals surface area contributed by atoms with E-state index in [2.05, 4.69) is 16.7 Å². The molecule has 1 aliphatic heterocycles. The Balaban J connectivity index is 1.76. The average molecular weight is 289 g/mol. The highest BCUT2D eigenvalue weighted by Gasteiger charge is 2.40. The number of aliphatic hydroxyl groups is 1. The second kappa shape index (κ2) is 5.59. The fraction of sp³-hybridized carbons (Fsp3) is 0.562. The molecule has 20 heavy (non-hydrogen) atoms. The van der Waals surface area contributed by atoms with Crippen LogP contribution in [0.2, 0.25) is 0 Å². The van der Waals surface area contributed by atoms with Gasteiger partial charge < -0.3 is 10.0 Å². The Labute approximate surface area is 123 Å². The van der Waals surface area contributed by atoms with Gasteiger partial charge in [0.15, 0.2) is 0 Å². The van der Waals surface area contributed by atoms with E-state index in [1.165, 1.54) is 30.6 Å². The molecule has 3 nitrogen and oxygen atoms in total. The third-order valence-electron chi connectivity index (χ3n) is 4.24. The number of carbonyl (C=O) groups excluding carboxylic acids is 1. The van der Waals surface area contributed by atoms with Gasteiger partial charge in [0.05, 0.1) is 16.4 Å². The van der Waals surface area contributed by atoms with Crippen LogP contribution < -0.4 is 0 Å². The van der Waals surface area contributed by atoms with Gasteiger partial charge >= 0.3 is 0 Å². The SMILES string of the molecule is Cc1cc(C(=O)N2CC3CCC2C3)sc1C#CCCO. The maximum absolute atomic E-state index is 12.6. The summed E-state index contributed by atoms with van der Waals surface area (Å²) in [5.74, 6) is 6.89. The molecule has 0 spiro atoms. The van der Waals surface area contributed by atoms with Crippen LogP contribution in [-0.2, 0) is 0 Å². The van der Waals surface area contributed by atoms with E-state index in [4.69, 9.17) is 5.11 Å². The summed E-state index contributed by atoms with van der Waals surface area (Å²) in [6.07, 6.45) is 4.13. The quantitative estimate of drug-likeness (QED) is 0.849. The first-order valence-corrected chi connectivity index (χ1v) is 8.02. The standard InChI is InChI=1S/C16H19NO2S/c1-11-8-15(20-14(11)4-2-3-7-18)16(19)17-10-12-5-6-13(17)9-12/h8,12-13,18H,3,5-7,9-10H2,1H3. The number of likely N-dealkylation sites (tertiary alicyclic amines) is 1. The summed E-state index contributed by atoms with van der Waals surface area (Å²) in [5.41, 5.74) is 1.06. The summed E-state index contributed by atoms with van der Waals surface area (Å²) >= 11 is 1.49. The van der Waals surface area contributed by atoms with Gasteiger partial charge in [-0.15, -0.1) is 11.3 Å². The second-order valence-electron chi connectivity index (χ2n) is 5.69. The highest BCUT2D eigenvalue weighted by atomic mass is 32.1. The molecule has 2 heterocycles. The Morgan fingerprint density at radius 2 is 2.40 bits per heavy atom. The monoisotopic (exact) mass is 289 g/mol. The number of amides is 1. The van der Waals surface area contributed by atoms with Crippen molar-refractivity contribution in [2.45, 2.75) is 38.6 Å². The molecule has 1 amide bonds. The molecule has 2 fully saturated rings. The lowest BCUT2D eigenvalue weighted by molar-refractivity contribution is 0.0708. The summed E-state index contributed by atoms with van der Waals surface area (Å²) in [6.45, 7) is 3.01. The third kappa shape index (κ3) is 2.48. The predicted octanol–water partition coefficient (Wildman–Crippen LogP) is 2.41. The molecule has 0 aromatic carbocycles. The molecule has 1 saturated carbocycles. The second-order valence-corrected chi connectivity index (χ2v) is 6.74. The van der Waals surface area contributed by atoms with E-state index < -0.39 is 0 Å². The third-order valence-corrected chi connectivity index (χ3v) is 5.38. The first-order chi connectivity index (χ1) is 9.69. The van der Waals surface area contributed by atoms with E-state index in [1.807, 2.05) is 13.0 Å². The highest BCUT2D eigenvalue weighted by Crippen LogP contribution is 2.38. The summed E-state index contributed by atoms with van der Waals surface area (Å²) in [4.78, 5) is 16.4. The van der Waals surface area contributed by atoms with Crippen LogP contribution in [0.1, 0.15) is 45.8 Å². The molecule has 1 saturated heterocycles. The van der Waals surface area contributed by atoms with Crippen molar-refractivity contribution in [3.8, 4) is 11.8 Å². The zero-order chi connectivity index (χ0) is 14.1. The Bertz CT molecular complexity index is 581. The van der Waals surface area contributed by atoms with Gasteiger partial charge in [0.25, 0.3) is 5.91 Å². The van der Waals surface area contributed by atoms with E-state index in [-0.39, 0.29) is 12.5 Å². The molecule has 2 aliphatic rings. The lowest BCUT2D eigenvalue weighted by Crippen LogP contribution is -2.37. The van der Waals surface area contributed by atoms with Crippen molar-refractivity contribution in [3.05, 3.63) is 21.4 Å². The molecule has 1 aromatic heterocycles. The largest absolute Gasteiger partial charge is 0.395 e. The van der Waals surface area contributed by atoms with Crippen LogP contribution in [0.4, 0.5) is 0 Å². The fourth-order valence-electron chi connectivity index (χ4n) is 3.23. The van der Waals surface area contributed by atoms with Crippen molar-refractivity contribution in [1.29, 1.82) is 0 Å². The van der Waals surface area contributed by atoms with E-state index in [1.54, 1.807) is 0 Å². The summed E-state index contributed by atoms with van der Waals surface area (Å²) < 4.78 is 0. The van der Waals surface area contributed by atoms with Crippen molar-refractivity contribution < 1.29 is 9.90 Å². The number of piperidine rings is 1. The van der Waals surface area contributed by atoms with Crippen molar-refractivity contribution in [1.82, 2.24) is 4.90 Å². The number of hydrogen-bond acceptors (Lipinski definition) is 3. The van der Waals surface area contributed by atoms with Gasteiger partial charge in [-0.05, 0) is 43.7 Å².